The smallest absolute Gasteiger partial charge is 0.475 e. The van der Waals surface area contributed by atoms with E-state index in [2.05, 4.69) is 30.9 Å². The zero-order valence-electron chi connectivity index (χ0n) is 20.3. The minimum absolute atomic E-state index is 0.0459. The lowest BCUT2D eigenvalue weighted by molar-refractivity contribution is -0.192. The van der Waals surface area contributed by atoms with Gasteiger partial charge in [0.15, 0.2) is 9.84 Å². The van der Waals surface area contributed by atoms with Gasteiger partial charge in [0.25, 0.3) is 0 Å². The van der Waals surface area contributed by atoms with Crippen molar-refractivity contribution < 1.29 is 39.9 Å². The summed E-state index contributed by atoms with van der Waals surface area (Å²) in [6.45, 7) is 2.28. The van der Waals surface area contributed by atoms with Crippen molar-refractivity contribution in [2.75, 3.05) is 13.1 Å². The number of aromatic amines is 1. The Morgan fingerprint density at radius 1 is 1.05 bits per heavy atom. The number of aromatic nitrogens is 5. The molecule has 0 saturated carbocycles. The van der Waals surface area contributed by atoms with E-state index in [9.17, 15) is 30.0 Å². The maximum atomic E-state index is 13.3. The molecule has 0 radical (unpaired) electrons. The fourth-order valence-corrected chi connectivity index (χ4v) is 7.09. The highest BCUT2D eigenvalue weighted by molar-refractivity contribution is 7.94. The normalized spacial score (nSPS) is 14.3. The third-order valence-electron chi connectivity index (χ3n) is 5.86. The molecule has 1 fully saturated rings. The van der Waals surface area contributed by atoms with Gasteiger partial charge in [-0.15, -0.1) is 10.2 Å². The first-order valence-electron chi connectivity index (χ1n) is 11.2. The quantitative estimate of drug-likeness (QED) is 0.258. The molecule has 3 heterocycles. The average Bonchev–Trinajstić information content (AvgIpc) is 3.35. The van der Waals surface area contributed by atoms with E-state index >= 15 is 0 Å². The van der Waals surface area contributed by atoms with Crippen molar-refractivity contribution >= 4 is 36.7 Å². The molecule has 1 saturated heterocycles. The van der Waals surface area contributed by atoms with Crippen molar-refractivity contribution in [3.05, 3.63) is 48.2 Å². The molecule has 18 heteroatoms. The number of hydrogen-bond donors (Lipinski definition) is 4. The number of sulfonamides is 1. The lowest BCUT2D eigenvalue weighted by Gasteiger charge is -2.28. The Labute approximate surface area is 224 Å². The van der Waals surface area contributed by atoms with E-state index in [0.717, 1.165) is 11.1 Å². The summed E-state index contributed by atoms with van der Waals surface area (Å²) in [5.74, 6) is -2.85. The summed E-state index contributed by atoms with van der Waals surface area (Å²) in [4.78, 5) is 12.6. The zero-order chi connectivity index (χ0) is 29.5. The summed E-state index contributed by atoms with van der Waals surface area (Å²) in [6.07, 6.45) is -5.08. The minimum atomic E-state index is -5.08. The van der Waals surface area contributed by atoms with Gasteiger partial charge in [-0.1, -0.05) is 30.3 Å². The molecule has 0 amide bonds. The molecule has 0 bridgehead atoms. The number of nitrogens with two attached hydrogens (primary N) is 1. The second-order valence-corrected chi connectivity index (χ2v) is 12.2. The number of hydrogen-bond acceptors (Lipinski definition) is 10. The number of carboxylic acid groups (broad SMARTS) is 1. The number of carbonyl (C=O) groups is 1. The van der Waals surface area contributed by atoms with E-state index in [0.29, 0.717) is 16.6 Å². The maximum absolute atomic E-state index is 13.3. The minimum Gasteiger partial charge on any atom is -0.475 e. The molecular weight excluding hydrogens is 579 g/mol. The summed E-state index contributed by atoms with van der Waals surface area (Å²) in [6, 6.07) is 12.0. The van der Waals surface area contributed by atoms with Gasteiger partial charge >= 0.3 is 12.1 Å². The van der Waals surface area contributed by atoms with Gasteiger partial charge in [0, 0.05) is 29.7 Å². The second kappa shape index (κ2) is 10.5. The Morgan fingerprint density at radius 2 is 1.73 bits per heavy atom. The molecule has 2 aromatic carbocycles. The number of fused-ring (bicyclic) bond motifs is 1. The van der Waals surface area contributed by atoms with Crippen LogP contribution in [0, 0.1) is 6.92 Å². The summed E-state index contributed by atoms with van der Waals surface area (Å²) in [5.41, 5.74) is 2.28. The molecule has 1 aliphatic heterocycles. The maximum Gasteiger partial charge on any atom is 0.490 e. The highest BCUT2D eigenvalue weighted by Gasteiger charge is 2.39. The lowest BCUT2D eigenvalue weighted by atomic mass is 9.96. The van der Waals surface area contributed by atoms with Crippen molar-refractivity contribution in [1.29, 1.82) is 0 Å². The van der Waals surface area contributed by atoms with Crippen LogP contribution in [0.5, 0.6) is 0 Å². The van der Waals surface area contributed by atoms with Crippen LogP contribution in [0.2, 0.25) is 0 Å². The number of tetrazole rings is 1. The number of nitrogens with zero attached hydrogens (tertiary/aromatic N) is 4. The molecule has 13 nitrogen and oxygen atoms in total. The van der Waals surface area contributed by atoms with Crippen molar-refractivity contribution in [3.8, 4) is 22.5 Å². The van der Waals surface area contributed by atoms with Gasteiger partial charge in [-0.2, -0.15) is 18.4 Å². The average molecular weight is 600 g/mol. The molecule has 0 unspecified atom stereocenters. The van der Waals surface area contributed by atoms with Crippen molar-refractivity contribution in [1.82, 2.24) is 30.9 Å². The summed E-state index contributed by atoms with van der Waals surface area (Å²) < 4.78 is 84.0. The number of aryl methyl sites for hydroxylation is 1. The first kappa shape index (κ1) is 29.0. The predicted octanol–water partition coefficient (Wildman–Crippen LogP) is 1.42. The van der Waals surface area contributed by atoms with Gasteiger partial charge < -0.3 is 10.4 Å². The van der Waals surface area contributed by atoms with Crippen LogP contribution in [0.1, 0.15) is 5.69 Å². The Hall–Kier alpha value is -4.00. The fourth-order valence-electron chi connectivity index (χ4n) is 3.91. The van der Waals surface area contributed by atoms with Crippen molar-refractivity contribution in [2.45, 2.75) is 28.1 Å². The van der Waals surface area contributed by atoms with Gasteiger partial charge in [-0.05, 0) is 29.8 Å². The molecule has 5 rings (SSSR count). The molecule has 212 valence electrons. The first-order valence-corrected chi connectivity index (χ1v) is 14.3. The third-order valence-corrected chi connectivity index (χ3v) is 9.14. The monoisotopic (exact) mass is 599 g/mol. The van der Waals surface area contributed by atoms with Gasteiger partial charge in [0.2, 0.25) is 15.8 Å². The summed E-state index contributed by atoms with van der Waals surface area (Å²) in [7, 11) is -8.53. The Morgan fingerprint density at radius 3 is 2.25 bits per heavy atom. The number of sulfone groups is 1. The number of aliphatic carboxylic acids is 1. The third kappa shape index (κ3) is 5.64. The van der Waals surface area contributed by atoms with Gasteiger partial charge in [0.1, 0.15) is 4.90 Å². The number of para-hydroxylation sites is 1. The van der Waals surface area contributed by atoms with E-state index in [4.69, 9.17) is 15.0 Å². The van der Waals surface area contributed by atoms with E-state index in [1.807, 2.05) is 25.1 Å². The van der Waals surface area contributed by atoms with Gasteiger partial charge in [0.05, 0.1) is 21.2 Å². The highest BCUT2D eigenvalue weighted by Crippen LogP contribution is 2.41. The largest absolute Gasteiger partial charge is 0.490 e. The molecule has 4 aromatic rings. The van der Waals surface area contributed by atoms with Crippen LogP contribution < -0.4 is 10.5 Å². The number of halogens is 3. The summed E-state index contributed by atoms with van der Waals surface area (Å²) in [5, 5.41) is 29.4. The SMILES string of the molecule is Cc1ccc2cccc(-c3ccc(S(=O)(=O)C4CNC4)c(S(N)(=O)=O)c3-c3nn[nH]n3)c2n1.O=C(O)C(F)(F)F. The first-order chi connectivity index (χ1) is 18.6. The number of nitrogens with one attached hydrogen (secondary N) is 2. The topological polar surface area (TPSA) is 211 Å². The van der Waals surface area contributed by atoms with Crippen LogP contribution in [0.3, 0.4) is 0 Å². The Kier molecular flexibility index (Phi) is 7.63. The van der Waals surface area contributed by atoms with Crippen molar-refractivity contribution in [3.63, 3.8) is 0 Å². The standard InChI is InChI=1S/C20H19N7O4S2.C2HF3O2/c1-11-5-6-12-3-2-4-15(18(12)23-11)14-7-8-16(32(28,29)13-9-22-10-13)19(33(21,30)31)17(14)20-24-26-27-25-20;3-2(4,5)1(6)7/h2-8,13,22H,9-10H2,1H3,(H2,21,30,31)(H,24,25,26,27);(H,6,7). The van der Waals surface area contributed by atoms with E-state index in [1.54, 1.807) is 12.1 Å². The van der Waals surface area contributed by atoms with Crippen LogP contribution in [0.15, 0.2) is 52.3 Å². The zero-order valence-corrected chi connectivity index (χ0v) is 22.0. The molecule has 1 aliphatic rings. The van der Waals surface area contributed by atoms with Gasteiger partial charge in [-0.25, -0.2) is 26.8 Å². The van der Waals surface area contributed by atoms with Crippen LogP contribution in [0.4, 0.5) is 13.2 Å². The molecule has 0 atom stereocenters. The van der Waals surface area contributed by atoms with E-state index < -0.39 is 42.2 Å². The molecular formula is C22H20F3N7O6S2. The van der Waals surface area contributed by atoms with Crippen molar-refractivity contribution in [2.24, 2.45) is 5.14 Å². The lowest BCUT2D eigenvalue weighted by Crippen LogP contribution is -2.51. The van der Waals surface area contributed by atoms with Crippen LogP contribution in [-0.2, 0) is 24.7 Å². The van der Waals surface area contributed by atoms with Crippen LogP contribution in [0.25, 0.3) is 33.4 Å². The number of primary sulfonamides is 1. The Balaban J connectivity index is 0.000000470. The number of H-pyrrole nitrogens is 1. The summed E-state index contributed by atoms with van der Waals surface area (Å²) >= 11 is 0. The molecule has 0 spiro atoms. The van der Waals surface area contributed by atoms with E-state index in [-0.39, 0.29) is 29.4 Å². The second-order valence-electron chi connectivity index (χ2n) is 8.55. The molecule has 40 heavy (non-hydrogen) atoms. The number of alkyl halides is 3. The number of pyridine rings is 1. The molecule has 2 aromatic heterocycles. The van der Waals surface area contributed by atoms with Crippen LogP contribution >= 0.6 is 0 Å². The Bertz CT molecular complexity index is 1810. The number of benzene rings is 2. The number of rotatable bonds is 5. The number of carboxylic acids is 1. The predicted molar refractivity (Wildman–Crippen MR) is 134 cm³/mol. The highest BCUT2D eigenvalue weighted by atomic mass is 32.2. The fraction of sp³-hybridized carbons (Fsp3) is 0.227. The van der Waals surface area contributed by atoms with E-state index in [1.165, 1.54) is 12.1 Å². The van der Waals surface area contributed by atoms with Gasteiger partial charge in [-0.3, -0.25) is 4.98 Å². The molecule has 5 N–H and O–H groups in total. The molecule has 0 aliphatic carbocycles. The van der Waals surface area contributed by atoms with Crippen LogP contribution in [-0.4, -0.2) is 78.0 Å².